The minimum atomic E-state index is -3.23. The van der Waals surface area contributed by atoms with Gasteiger partial charge in [0.25, 0.3) is 0 Å². The van der Waals surface area contributed by atoms with Gasteiger partial charge in [0.2, 0.25) is 0 Å². The number of aromatic nitrogens is 2. The first-order chi connectivity index (χ1) is 9.88. The Hall–Kier alpha value is -1.37. The monoisotopic (exact) mass is 325 g/mol. The van der Waals surface area contributed by atoms with Gasteiger partial charge >= 0.3 is 0 Å². The molecule has 0 N–H and O–H groups in total. The van der Waals surface area contributed by atoms with Crippen LogP contribution >= 0.6 is 11.6 Å². The second-order valence-electron chi connectivity index (χ2n) is 5.34. The van der Waals surface area contributed by atoms with Crippen LogP contribution in [0.25, 0.3) is 0 Å². The molecule has 0 saturated carbocycles. The standard InChI is InChI=1S/C14H16ClN3O2S/c1-17(8-11-5-6-16-18(11)2)13-9-21(19,20)14-4-3-10(15)7-12(13)14/h3-7,13H,8-9H2,1-2H3/t13-/m1/s1. The zero-order valence-electron chi connectivity index (χ0n) is 11.8. The zero-order chi connectivity index (χ0) is 15.2. The molecule has 1 aromatic carbocycles. The van der Waals surface area contributed by atoms with Gasteiger partial charge in [0, 0.05) is 24.8 Å². The van der Waals surface area contributed by atoms with Gasteiger partial charge in [-0.25, -0.2) is 8.42 Å². The summed E-state index contributed by atoms with van der Waals surface area (Å²) in [6.45, 7) is 0.628. The molecule has 1 aromatic heterocycles. The summed E-state index contributed by atoms with van der Waals surface area (Å²) in [5.74, 6) is 0.0943. The van der Waals surface area contributed by atoms with Crippen molar-refractivity contribution in [2.45, 2.75) is 17.5 Å². The predicted molar refractivity (Wildman–Crippen MR) is 80.9 cm³/mol. The molecule has 1 aliphatic heterocycles. The van der Waals surface area contributed by atoms with Crippen LogP contribution in [0.1, 0.15) is 17.3 Å². The normalized spacial score (nSPS) is 19.9. The zero-order valence-corrected chi connectivity index (χ0v) is 13.4. The molecule has 7 heteroatoms. The van der Waals surface area contributed by atoms with E-state index in [9.17, 15) is 8.42 Å². The Morgan fingerprint density at radius 3 is 2.86 bits per heavy atom. The fourth-order valence-electron chi connectivity index (χ4n) is 2.74. The van der Waals surface area contributed by atoms with Gasteiger partial charge in [-0.2, -0.15) is 5.10 Å². The van der Waals surface area contributed by atoms with E-state index in [4.69, 9.17) is 11.6 Å². The van der Waals surface area contributed by atoms with E-state index >= 15 is 0 Å². The van der Waals surface area contributed by atoms with Crippen LogP contribution in [0.15, 0.2) is 35.4 Å². The Kier molecular flexibility index (Phi) is 3.55. The van der Waals surface area contributed by atoms with E-state index < -0.39 is 9.84 Å². The third-order valence-corrected chi connectivity index (χ3v) is 5.94. The fourth-order valence-corrected chi connectivity index (χ4v) is 4.78. The van der Waals surface area contributed by atoms with Crippen LogP contribution in [0.2, 0.25) is 5.02 Å². The molecule has 112 valence electrons. The molecule has 0 spiro atoms. The summed E-state index contributed by atoms with van der Waals surface area (Å²) >= 11 is 6.03. The Bertz CT molecular complexity index is 785. The van der Waals surface area contributed by atoms with Crippen LogP contribution in [-0.4, -0.2) is 35.9 Å². The summed E-state index contributed by atoms with van der Waals surface area (Å²) in [4.78, 5) is 2.42. The lowest BCUT2D eigenvalue weighted by molar-refractivity contribution is 0.250. The second-order valence-corrected chi connectivity index (χ2v) is 7.78. The molecule has 1 atom stereocenters. The maximum absolute atomic E-state index is 12.3. The molecule has 0 bridgehead atoms. The van der Waals surface area contributed by atoms with Crippen LogP contribution in [0.3, 0.4) is 0 Å². The van der Waals surface area contributed by atoms with Gasteiger partial charge in [-0.3, -0.25) is 9.58 Å². The third kappa shape index (κ3) is 2.59. The molecule has 0 unspecified atom stereocenters. The number of rotatable bonds is 3. The van der Waals surface area contributed by atoms with Crippen molar-refractivity contribution in [2.75, 3.05) is 12.8 Å². The number of benzene rings is 1. The van der Waals surface area contributed by atoms with Gasteiger partial charge in [-0.05, 0) is 36.9 Å². The van der Waals surface area contributed by atoms with E-state index in [1.54, 1.807) is 29.1 Å². The van der Waals surface area contributed by atoms with Gasteiger partial charge in [-0.15, -0.1) is 0 Å². The van der Waals surface area contributed by atoms with E-state index in [2.05, 4.69) is 5.10 Å². The lowest BCUT2D eigenvalue weighted by Gasteiger charge is -2.24. The first-order valence-electron chi connectivity index (χ1n) is 6.58. The topological polar surface area (TPSA) is 55.2 Å². The molecule has 2 aromatic rings. The van der Waals surface area contributed by atoms with Crippen molar-refractivity contribution >= 4 is 21.4 Å². The second kappa shape index (κ2) is 5.12. The summed E-state index contributed by atoms with van der Waals surface area (Å²) in [5.41, 5.74) is 1.82. The lowest BCUT2D eigenvalue weighted by Crippen LogP contribution is -2.26. The number of aryl methyl sites for hydroxylation is 1. The first kappa shape index (κ1) is 14.6. The highest BCUT2D eigenvalue weighted by Crippen LogP contribution is 2.38. The van der Waals surface area contributed by atoms with Crippen LogP contribution < -0.4 is 0 Å². The van der Waals surface area contributed by atoms with E-state index in [1.165, 1.54) is 0 Å². The average molecular weight is 326 g/mol. The van der Waals surface area contributed by atoms with Crippen molar-refractivity contribution in [3.63, 3.8) is 0 Å². The number of hydrogen-bond donors (Lipinski definition) is 0. The van der Waals surface area contributed by atoms with Crippen molar-refractivity contribution in [1.29, 1.82) is 0 Å². The molecular formula is C14H16ClN3O2S. The number of hydrogen-bond acceptors (Lipinski definition) is 4. The van der Waals surface area contributed by atoms with Gasteiger partial charge in [0.05, 0.1) is 22.4 Å². The maximum Gasteiger partial charge on any atom is 0.180 e. The summed E-state index contributed by atoms with van der Waals surface area (Å²) in [6.07, 6.45) is 1.74. The van der Waals surface area contributed by atoms with Crippen LogP contribution in [0.4, 0.5) is 0 Å². The Morgan fingerprint density at radius 1 is 1.43 bits per heavy atom. The largest absolute Gasteiger partial charge is 0.292 e. The van der Waals surface area contributed by atoms with E-state index in [0.717, 1.165) is 11.3 Å². The van der Waals surface area contributed by atoms with Gasteiger partial charge in [0.15, 0.2) is 9.84 Å². The Balaban J connectivity index is 1.94. The molecule has 5 nitrogen and oxygen atoms in total. The molecule has 21 heavy (non-hydrogen) atoms. The molecule has 0 fully saturated rings. The van der Waals surface area contributed by atoms with Gasteiger partial charge in [-0.1, -0.05) is 11.6 Å². The molecule has 0 saturated heterocycles. The molecule has 0 radical (unpaired) electrons. The van der Waals surface area contributed by atoms with Gasteiger partial charge in [0.1, 0.15) is 0 Å². The average Bonchev–Trinajstić information content (AvgIpc) is 2.92. The smallest absolute Gasteiger partial charge is 0.180 e. The minimum Gasteiger partial charge on any atom is -0.292 e. The lowest BCUT2D eigenvalue weighted by atomic mass is 10.1. The van der Waals surface area contributed by atoms with E-state index in [-0.39, 0.29) is 11.8 Å². The molecule has 0 aliphatic carbocycles. The number of nitrogens with zero attached hydrogens (tertiary/aromatic N) is 3. The number of halogens is 1. The first-order valence-corrected chi connectivity index (χ1v) is 8.61. The van der Waals surface area contributed by atoms with Crippen LogP contribution in [0, 0.1) is 0 Å². The molecule has 2 heterocycles. The summed E-state index contributed by atoms with van der Waals surface area (Å²) in [7, 11) is 0.566. The number of fused-ring (bicyclic) bond motifs is 1. The summed E-state index contributed by atoms with van der Waals surface area (Å²) < 4.78 is 26.3. The Labute approximate surface area is 129 Å². The highest BCUT2D eigenvalue weighted by atomic mass is 35.5. The molecular weight excluding hydrogens is 310 g/mol. The van der Waals surface area contributed by atoms with Crippen LogP contribution in [0.5, 0.6) is 0 Å². The minimum absolute atomic E-state index is 0.0943. The fraction of sp³-hybridized carbons (Fsp3) is 0.357. The quantitative estimate of drug-likeness (QED) is 0.866. The van der Waals surface area contributed by atoms with Crippen molar-refractivity contribution in [1.82, 2.24) is 14.7 Å². The maximum atomic E-state index is 12.3. The summed E-state index contributed by atoms with van der Waals surface area (Å²) in [6, 6.07) is 6.73. The molecule has 1 aliphatic rings. The number of sulfone groups is 1. The van der Waals surface area contributed by atoms with Crippen molar-refractivity contribution in [2.24, 2.45) is 7.05 Å². The third-order valence-electron chi connectivity index (χ3n) is 3.91. The van der Waals surface area contributed by atoms with Crippen molar-refractivity contribution in [3.05, 3.63) is 46.7 Å². The van der Waals surface area contributed by atoms with Gasteiger partial charge < -0.3 is 0 Å². The summed E-state index contributed by atoms with van der Waals surface area (Å²) in [5, 5.41) is 4.69. The van der Waals surface area contributed by atoms with E-state index in [0.29, 0.717) is 16.5 Å². The molecule has 3 rings (SSSR count). The van der Waals surface area contributed by atoms with Crippen molar-refractivity contribution in [3.8, 4) is 0 Å². The highest BCUT2D eigenvalue weighted by molar-refractivity contribution is 7.91. The van der Waals surface area contributed by atoms with Crippen LogP contribution in [-0.2, 0) is 23.4 Å². The molecule has 0 amide bonds. The Morgan fingerprint density at radius 2 is 2.19 bits per heavy atom. The SMILES string of the molecule is CN(Cc1ccnn1C)[C@@H]1CS(=O)(=O)c2ccc(Cl)cc21. The van der Waals surface area contributed by atoms with E-state index in [1.807, 2.05) is 25.1 Å². The highest BCUT2D eigenvalue weighted by Gasteiger charge is 2.37. The predicted octanol–water partition coefficient (Wildman–Crippen LogP) is 2.03. The van der Waals surface area contributed by atoms with Crippen molar-refractivity contribution < 1.29 is 8.42 Å².